The predicted octanol–water partition coefficient (Wildman–Crippen LogP) is 0.881. The summed E-state index contributed by atoms with van der Waals surface area (Å²) in [5, 5.41) is 18.4. The monoisotopic (exact) mass is 303 g/mol. The highest BCUT2D eigenvalue weighted by Gasteiger charge is 2.56. The lowest BCUT2D eigenvalue weighted by Crippen LogP contribution is -2.62. The van der Waals surface area contributed by atoms with E-state index in [2.05, 4.69) is 20.1 Å². The van der Waals surface area contributed by atoms with Gasteiger partial charge in [0.1, 0.15) is 6.33 Å². The van der Waals surface area contributed by atoms with Crippen LogP contribution < -0.4 is 4.90 Å². The third-order valence-corrected chi connectivity index (χ3v) is 5.30. The van der Waals surface area contributed by atoms with E-state index < -0.39 is 0 Å². The van der Waals surface area contributed by atoms with E-state index in [9.17, 15) is 5.11 Å². The summed E-state index contributed by atoms with van der Waals surface area (Å²) in [6.45, 7) is 4.45. The summed E-state index contributed by atoms with van der Waals surface area (Å²) in [5.74, 6) is 0.872. The summed E-state index contributed by atoms with van der Waals surface area (Å²) in [6, 6.07) is 0. The van der Waals surface area contributed by atoms with Crippen molar-refractivity contribution < 1.29 is 9.84 Å². The van der Waals surface area contributed by atoms with Gasteiger partial charge < -0.3 is 14.7 Å². The minimum atomic E-state index is -0.233. The van der Waals surface area contributed by atoms with E-state index >= 15 is 0 Å². The number of rotatable bonds is 3. The Kier molecular flexibility index (Phi) is 3.27. The first kappa shape index (κ1) is 13.9. The van der Waals surface area contributed by atoms with Crippen molar-refractivity contribution in [2.75, 3.05) is 24.6 Å². The van der Waals surface area contributed by atoms with Crippen molar-refractivity contribution in [1.82, 2.24) is 19.6 Å². The molecule has 0 radical (unpaired) electrons. The molecule has 3 heterocycles. The molecule has 1 aliphatic carbocycles. The highest BCUT2D eigenvalue weighted by atomic mass is 16.5. The van der Waals surface area contributed by atoms with Crippen LogP contribution in [0, 0.1) is 5.41 Å². The molecule has 1 saturated heterocycles. The standard InChI is InChI=1S/C15H21N5O2/c1-2-22-12-9-11(21)15(12)3-6-19(7-4-15)13-14-18-17-10-20(14)8-5-16-13/h5,8,10-12,21H,2-4,6-7,9H2,1H3/t11-,12-/m0/s1. The molecule has 0 unspecified atom stereocenters. The van der Waals surface area contributed by atoms with E-state index in [1.807, 2.05) is 17.5 Å². The van der Waals surface area contributed by atoms with Gasteiger partial charge in [-0.2, -0.15) is 0 Å². The molecule has 2 atom stereocenters. The van der Waals surface area contributed by atoms with Crippen molar-refractivity contribution in [2.24, 2.45) is 5.41 Å². The molecule has 22 heavy (non-hydrogen) atoms. The number of aliphatic hydroxyl groups is 1. The molecule has 1 spiro atoms. The van der Waals surface area contributed by atoms with Crippen LogP contribution in [-0.4, -0.2) is 56.6 Å². The van der Waals surface area contributed by atoms with E-state index in [1.165, 1.54) is 0 Å². The number of nitrogens with zero attached hydrogens (tertiary/aromatic N) is 5. The van der Waals surface area contributed by atoms with Gasteiger partial charge in [-0.15, -0.1) is 10.2 Å². The van der Waals surface area contributed by atoms with Gasteiger partial charge in [0.05, 0.1) is 12.2 Å². The lowest BCUT2D eigenvalue weighted by Gasteiger charge is -2.56. The van der Waals surface area contributed by atoms with Gasteiger partial charge >= 0.3 is 0 Å². The van der Waals surface area contributed by atoms with Crippen molar-refractivity contribution in [1.29, 1.82) is 0 Å². The van der Waals surface area contributed by atoms with Gasteiger partial charge in [-0.1, -0.05) is 0 Å². The number of anilines is 1. The number of hydrogen-bond acceptors (Lipinski definition) is 6. The van der Waals surface area contributed by atoms with Crippen molar-refractivity contribution >= 4 is 11.5 Å². The highest BCUT2D eigenvalue weighted by Crippen LogP contribution is 2.51. The second-order valence-electron chi connectivity index (χ2n) is 6.23. The van der Waals surface area contributed by atoms with Crippen molar-refractivity contribution in [2.45, 2.75) is 38.4 Å². The Hall–Kier alpha value is -1.73. The Balaban J connectivity index is 1.53. The molecule has 7 heteroatoms. The lowest BCUT2D eigenvalue weighted by molar-refractivity contribution is -0.199. The van der Waals surface area contributed by atoms with E-state index in [0.717, 1.165) is 43.8 Å². The summed E-state index contributed by atoms with van der Waals surface area (Å²) >= 11 is 0. The molecule has 1 N–H and O–H groups in total. The Morgan fingerprint density at radius 1 is 1.41 bits per heavy atom. The number of fused-ring (bicyclic) bond motifs is 1. The van der Waals surface area contributed by atoms with Crippen molar-refractivity contribution in [3.8, 4) is 0 Å². The van der Waals surface area contributed by atoms with Crippen LogP contribution in [0.5, 0.6) is 0 Å². The first-order valence-electron chi connectivity index (χ1n) is 7.93. The second-order valence-corrected chi connectivity index (χ2v) is 6.23. The van der Waals surface area contributed by atoms with Crippen molar-refractivity contribution in [3.05, 3.63) is 18.7 Å². The van der Waals surface area contributed by atoms with Gasteiger partial charge in [0, 0.05) is 43.9 Å². The topological polar surface area (TPSA) is 75.8 Å². The molecule has 2 aromatic rings. The molecule has 2 aliphatic rings. The van der Waals surface area contributed by atoms with Crippen LogP contribution in [0.4, 0.5) is 5.82 Å². The van der Waals surface area contributed by atoms with Gasteiger partial charge in [-0.3, -0.25) is 4.40 Å². The maximum absolute atomic E-state index is 10.3. The fraction of sp³-hybridized carbons (Fsp3) is 0.667. The van der Waals surface area contributed by atoms with Gasteiger partial charge in [0.2, 0.25) is 5.65 Å². The minimum Gasteiger partial charge on any atom is -0.392 e. The summed E-state index contributed by atoms with van der Waals surface area (Å²) < 4.78 is 7.70. The summed E-state index contributed by atoms with van der Waals surface area (Å²) in [6.07, 6.45) is 7.90. The third kappa shape index (κ3) is 1.92. The molecule has 2 fully saturated rings. The average molecular weight is 303 g/mol. The Labute approximate surface area is 128 Å². The highest BCUT2D eigenvalue weighted by molar-refractivity contribution is 5.63. The molecule has 0 amide bonds. The Morgan fingerprint density at radius 2 is 2.23 bits per heavy atom. The van der Waals surface area contributed by atoms with Crippen molar-refractivity contribution in [3.63, 3.8) is 0 Å². The number of aromatic nitrogens is 4. The molecule has 4 rings (SSSR count). The normalized spacial score (nSPS) is 27.3. The maximum Gasteiger partial charge on any atom is 0.203 e. The Morgan fingerprint density at radius 3 is 2.95 bits per heavy atom. The van der Waals surface area contributed by atoms with Crippen LogP contribution in [0.15, 0.2) is 18.7 Å². The first-order valence-corrected chi connectivity index (χ1v) is 7.93. The van der Waals surface area contributed by atoms with Crippen LogP contribution in [0.1, 0.15) is 26.2 Å². The molecule has 1 saturated carbocycles. The first-order chi connectivity index (χ1) is 10.7. The van der Waals surface area contributed by atoms with Crippen LogP contribution in [0.3, 0.4) is 0 Å². The third-order valence-electron chi connectivity index (χ3n) is 5.30. The van der Waals surface area contributed by atoms with E-state index in [-0.39, 0.29) is 17.6 Å². The summed E-state index contributed by atoms with van der Waals surface area (Å²) in [7, 11) is 0. The van der Waals surface area contributed by atoms with Crippen LogP contribution in [0.2, 0.25) is 0 Å². The smallest absolute Gasteiger partial charge is 0.203 e. The summed E-state index contributed by atoms with van der Waals surface area (Å²) in [4.78, 5) is 6.72. The largest absolute Gasteiger partial charge is 0.392 e. The molecule has 2 aromatic heterocycles. The Bertz CT molecular complexity index is 663. The number of ether oxygens (including phenoxy) is 1. The fourth-order valence-electron chi connectivity index (χ4n) is 3.92. The van der Waals surface area contributed by atoms with Crippen LogP contribution >= 0.6 is 0 Å². The van der Waals surface area contributed by atoms with E-state index in [1.54, 1.807) is 12.5 Å². The zero-order chi connectivity index (χ0) is 15.2. The van der Waals surface area contributed by atoms with Gasteiger partial charge in [-0.05, 0) is 19.8 Å². The minimum absolute atomic E-state index is 0.0642. The number of hydrogen-bond donors (Lipinski definition) is 1. The van der Waals surface area contributed by atoms with E-state index in [0.29, 0.717) is 6.61 Å². The van der Waals surface area contributed by atoms with Gasteiger partial charge in [-0.25, -0.2) is 4.98 Å². The zero-order valence-corrected chi connectivity index (χ0v) is 12.7. The summed E-state index contributed by atoms with van der Waals surface area (Å²) in [5.41, 5.74) is 0.722. The van der Waals surface area contributed by atoms with Gasteiger partial charge in [0.15, 0.2) is 5.82 Å². The van der Waals surface area contributed by atoms with Gasteiger partial charge in [0.25, 0.3) is 0 Å². The molecule has 7 nitrogen and oxygen atoms in total. The van der Waals surface area contributed by atoms with Crippen LogP contribution in [0.25, 0.3) is 5.65 Å². The lowest BCUT2D eigenvalue weighted by atomic mass is 9.58. The average Bonchev–Trinajstić information content (AvgIpc) is 3.03. The van der Waals surface area contributed by atoms with Crippen LogP contribution in [-0.2, 0) is 4.74 Å². The molecule has 0 bridgehead atoms. The molecule has 118 valence electrons. The zero-order valence-electron chi connectivity index (χ0n) is 12.7. The number of piperidine rings is 1. The molecular formula is C15H21N5O2. The molecule has 1 aliphatic heterocycles. The second kappa shape index (κ2) is 5.17. The molecule has 0 aromatic carbocycles. The number of aliphatic hydroxyl groups excluding tert-OH is 1. The predicted molar refractivity (Wildman–Crippen MR) is 80.7 cm³/mol. The maximum atomic E-state index is 10.3. The van der Waals surface area contributed by atoms with E-state index in [4.69, 9.17) is 4.74 Å². The fourth-order valence-corrected chi connectivity index (χ4v) is 3.92. The molecular weight excluding hydrogens is 282 g/mol. The quantitative estimate of drug-likeness (QED) is 0.907. The SMILES string of the molecule is CCO[C@H]1C[C@H](O)C12CCN(c1nccn3cnnc13)CC2.